The second-order valence-corrected chi connectivity index (χ2v) is 9.14. The third kappa shape index (κ3) is 4.10. The Kier molecular flexibility index (Phi) is 4.99. The van der Waals surface area contributed by atoms with Gasteiger partial charge in [0.05, 0.1) is 11.9 Å². The van der Waals surface area contributed by atoms with Crippen LogP contribution in [0.5, 0.6) is 0 Å². The van der Waals surface area contributed by atoms with Crippen LogP contribution in [0.3, 0.4) is 0 Å². The molecule has 0 unspecified atom stereocenters. The molecule has 5 nitrogen and oxygen atoms in total. The number of nitrogens with zero attached hydrogens (tertiary/aromatic N) is 2. The van der Waals surface area contributed by atoms with Gasteiger partial charge in [-0.2, -0.15) is 0 Å². The first-order valence-electron chi connectivity index (χ1n) is 7.76. The summed E-state index contributed by atoms with van der Waals surface area (Å²) in [4.78, 5) is 7.47. The van der Waals surface area contributed by atoms with Gasteiger partial charge in [0.1, 0.15) is 4.21 Å². The summed E-state index contributed by atoms with van der Waals surface area (Å²) < 4.78 is 27.7. The molecule has 23 heavy (non-hydrogen) atoms. The second-order valence-electron chi connectivity index (χ2n) is 5.86. The van der Waals surface area contributed by atoms with E-state index in [1.807, 2.05) is 25.3 Å². The predicted octanol–water partition coefficient (Wildman–Crippen LogP) is 2.65. The molecule has 0 bridgehead atoms. The first-order chi connectivity index (χ1) is 11.0. The van der Waals surface area contributed by atoms with Crippen molar-refractivity contribution in [2.75, 3.05) is 24.5 Å². The molecule has 0 saturated carbocycles. The molecular weight excluding hydrogens is 330 g/mol. The van der Waals surface area contributed by atoms with E-state index in [1.54, 1.807) is 12.3 Å². The van der Waals surface area contributed by atoms with Gasteiger partial charge in [-0.3, -0.25) is 4.98 Å². The number of pyridine rings is 1. The van der Waals surface area contributed by atoms with Crippen molar-refractivity contribution in [3.8, 4) is 0 Å². The molecule has 124 valence electrons. The number of anilines is 1. The molecule has 0 spiro atoms. The molecule has 3 rings (SSSR count). The number of rotatable bonds is 5. The standard InChI is InChI=1S/C16H21N3O2S2/c1-13-4-5-16(22-13)23(20,21)18-11-14-6-9-19(10-7-14)15-3-2-8-17-12-15/h2-5,8,12,14,18H,6-7,9-11H2,1H3. The molecule has 1 fully saturated rings. The Labute approximate surface area is 141 Å². The molecule has 0 atom stereocenters. The van der Waals surface area contributed by atoms with Gasteiger partial charge in [-0.25, -0.2) is 13.1 Å². The highest BCUT2D eigenvalue weighted by Crippen LogP contribution is 2.24. The van der Waals surface area contributed by atoms with E-state index >= 15 is 0 Å². The van der Waals surface area contributed by atoms with Crippen LogP contribution in [0.2, 0.25) is 0 Å². The van der Waals surface area contributed by atoms with Crippen LogP contribution in [0.1, 0.15) is 17.7 Å². The van der Waals surface area contributed by atoms with Gasteiger partial charge in [-0.1, -0.05) is 0 Å². The Morgan fingerprint density at radius 2 is 2.09 bits per heavy atom. The highest BCUT2D eigenvalue weighted by Gasteiger charge is 2.22. The average molecular weight is 351 g/mol. The van der Waals surface area contributed by atoms with Crippen LogP contribution in [0, 0.1) is 12.8 Å². The lowest BCUT2D eigenvalue weighted by Gasteiger charge is -2.33. The van der Waals surface area contributed by atoms with Gasteiger partial charge >= 0.3 is 0 Å². The molecule has 0 aliphatic carbocycles. The Hall–Kier alpha value is -1.44. The molecule has 1 aliphatic heterocycles. The van der Waals surface area contributed by atoms with E-state index in [9.17, 15) is 8.42 Å². The number of hydrogen-bond acceptors (Lipinski definition) is 5. The number of piperidine rings is 1. The third-order valence-electron chi connectivity index (χ3n) is 4.17. The maximum absolute atomic E-state index is 12.3. The van der Waals surface area contributed by atoms with Gasteiger partial charge in [0.2, 0.25) is 10.0 Å². The first kappa shape index (κ1) is 16.4. The number of sulfonamides is 1. The SMILES string of the molecule is Cc1ccc(S(=O)(=O)NCC2CCN(c3cccnc3)CC2)s1. The van der Waals surface area contributed by atoms with E-state index in [4.69, 9.17) is 0 Å². The lowest BCUT2D eigenvalue weighted by atomic mass is 9.97. The van der Waals surface area contributed by atoms with E-state index in [0.717, 1.165) is 36.5 Å². The fraction of sp³-hybridized carbons (Fsp3) is 0.438. The van der Waals surface area contributed by atoms with Gasteiger partial charge in [-0.15, -0.1) is 11.3 Å². The predicted molar refractivity (Wildman–Crippen MR) is 93.4 cm³/mol. The highest BCUT2D eigenvalue weighted by molar-refractivity contribution is 7.91. The molecule has 3 heterocycles. The fourth-order valence-electron chi connectivity index (χ4n) is 2.79. The van der Waals surface area contributed by atoms with Gasteiger partial charge < -0.3 is 4.90 Å². The Morgan fingerprint density at radius 1 is 1.30 bits per heavy atom. The van der Waals surface area contributed by atoms with Gasteiger partial charge in [0.15, 0.2) is 0 Å². The number of nitrogens with one attached hydrogen (secondary N) is 1. The summed E-state index contributed by atoms with van der Waals surface area (Å²) in [7, 11) is -3.36. The minimum absolute atomic E-state index is 0.388. The number of hydrogen-bond donors (Lipinski definition) is 1. The van der Waals surface area contributed by atoms with E-state index in [-0.39, 0.29) is 0 Å². The lowest BCUT2D eigenvalue weighted by Crippen LogP contribution is -2.38. The quantitative estimate of drug-likeness (QED) is 0.899. The highest BCUT2D eigenvalue weighted by atomic mass is 32.2. The zero-order valence-corrected chi connectivity index (χ0v) is 14.7. The zero-order chi connectivity index (χ0) is 16.3. The fourth-order valence-corrected chi connectivity index (χ4v) is 5.24. The van der Waals surface area contributed by atoms with Crippen molar-refractivity contribution in [3.05, 3.63) is 41.5 Å². The topological polar surface area (TPSA) is 62.3 Å². The maximum atomic E-state index is 12.3. The van der Waals surface area contributed by atoms with E-state index < -0.39 is 10.0 Å². The van der Waals surface area contributed by atoms with Gasteiger partial charge in [0.25, 0.3) is 0 Å². The summed E-state index contributed by atoms with van der Waals surface area (Å²) in [5, 5.41) is 0. The largest absolute Gasteiger partial charge is 0.370 e. The van der Waals surface area contributed by atoms with Crippen molar-refractivity contribution in [3.63, 3.8) is 0 Å². The van der Waals surface area contributed by atoms with Crippen molar-refractivity contribution in [1.82, 2.24) is 9.71 Å². The van der Waals surface area contributed by atoms with Crippen LogP contribution < -0.4 is 9.62 Å². The van der Waals surface area contributed by atoms with Crippen molar-refractivity contribution >= 4 is 27.0 Å². The lowest BCUT2D eigenvalue weighted by molar-refractivity contribution is 0.402. The molecule has 1 aliphatic rings. The molecule has 0 amide bonds. The first-order valence-corrected chi connectivity index (χ1v) is 10.1. The van der Waals surface area contributed by atoms with Crippen molar-refractivity contribution in [2.45, 2.75) is 24.0 Å². The minimum Gasteiger partial charge on any atom is -0.370 e. The van der Waals surface area contributed by atoms with E-state index in [1.165, 1.54) is 11.3 Å². The van der Waals surface area contributed by atoms with Crippen molar-refractivity contribution in [1.29, 1.82) is 0 Å². The van der Waals surface area contributed by atoms with Crippen molar-refractivity contribution in [2.24, 2.45) is 5.92 Å². The maximum Gasteiger partial charge on any atom is 0.250 e. The summed E-state index contributed by atoms with van der Waals surface area (Å²) in [6, 6.07) is 7.52. The average Bonchev–Trinajstić information content (AvgIpc) is 3.02. The number of aryl methyl sites for hydroxylation is 1. The second kappa shape index (κ2) is 6.98. The van der Waals surface area contributed by atoms with E-state index in [0.29, 0.717) is 16.7 Å². The van der Waals surface area contributed by atoms with Crippen LogP contribution in [0.25, 0.3) is 0 Å². The smallest absolute Gasteiger partial charge is 0.250 e. The molecular formula is C16H21N3O2S2. The van der Waals surface area contributed by atoms with Crippen LogP contribution in [0.15, 0.2) is 40.9 Å². The molecule has 2 aromatic heterocycles. The van der Waals surface area contributed by atoms with Crippen LogP contribution in [0.4, 0.5) is 5.69 Å². The van der Waals surface area contributed by atoms with Crippen molar-refractivity contribution < 1.29 is 8.42 Å². The summed E-state index contributed by atoms with van der Waals surface area (Å²) in [6.45, 7) is 4.31. The Bertz CT molecular complexity index is 736. The molecule has 1 N–H and O–H groups in total. The molecule has 1 saturated heterocycles. The van der Waals surface area contributed by atoms with Crippen LogP contribution in [-0.2, 0) is 10.0 Å². The molecule has 0 radical (unpaired) electrons. The molecule has 2 aromatic rings. The summed E-state index contributed by atoms with van der Waals surface area (Å²) >= 11 is 1.31. The number of thiophene rings is 1. The van der Waals surface area contributed by atoms with Gasteiger partial charge in [0, 0.05) is 30.7 Å². The summed E-state index contributed by atoms with van der Waals surface area (Å²) in [6.07, 6.45) is 5.63. The minimum atomic E-state index is -3.36. The third-order valence-corrected chi connectivity index (χ3v) is 7.08. The number of aromatic nitrogens is 1. The molecule has 7 heteroatoms. The van der Waals surface area contributed by atoms with Crippen LogP contribution in [-0.4, -0.2) is 33.0 Å². The normalized spacial score (nSPS) is 16.7. The Balaban J connectivity index is 1.51. The zero-order valence-electron chi connectivity index (χ0n) is 13.1. The van der Waals surface area contributed by atoms with Crippen LogP contribution >= 0.6 is 11.3 Å². The summed E-state index contributed by atoms with van der Waals surface area (Å²) in [5.74, 6) is 0.388. The monoisotopic (exact) mass is 351 g/mol. The Morgan fingerprint density at radius 3 is 2.70 bits per heavy atom. The van der Waals surface area contributed by atoms with E-state index in [2.05, 4.69) is 20.7 Å². The molecule has 0 aromatic carbocycles. The van der Waals surface area contributed by atoms with Gasteiger partial charge in [-0.05, 0) is 49.9 Å². The summed E-state index contributed by atoms with van der Waals surface area (Å²) in [5.41, 5.74) is 1.14.